The van der Waals surface area contributed by atoms with E-state index in [-0.39, 0.29) is 5.92 Å². The van der Waals surface area contributed by atoms with Crippen molar-refractivity contribution in [2.45, 2.75) is 5.92 Å². The summed E-state index contributed by atoms with van der Waals surface area (Å²) in [7, 11) is 0. The third-order valence-electron chi connectivity index (χ3n) is 7.48. The van der Waals surface area contributed by atoms with E-state index in [0.29, 0.717) is 11.4 Å². The molecule has 0 spiro atoms. The van der Waals surface area contributed by atoms with Crippen LogP contribution in [-0.2, 0) is 4.79 Å². The molecule has 0 N–H and O–H groups in total. The molecule has 40 heavy (non-hydrogen) atoms. The molecule has 0 saturated carbocycles. The van der Waals surface area contributed by atoms with Gasteiger partial charge >= 0.3 is 0 Å². The molecule has 1 aliphatic heterocycles. The van der Waals surface area contributed by atoms with Crippen LogP contribution >= 0.6 is 0 Å². The fraction of sp³-hybridized carbons (Fsp3) is 0.0286. The van der Waals surface area contributed by atoms with Gasteiger partial charge in [-0.1, -0.05) is 78.9 Å². The van der Waals surface area contributed by atoms with Crippen LogP contribution in [0, 0.1) is 11.5 Å². The molecule has 6 aromatic carbocycles. The average molecular weight is 517 g/mol. The van der Waals surface area contributed by atoms with Gasteiger partial charge in [-0.3, -0.25) is 0 Å². The number of hydrogen-bond donors (Lipinski definition) is 0. The molecule has 0 aliphatic carbocycles. The van der Waals surface area contributed by atoms with Gasteiger partial charge in [-0.15, -0.1) is 5.26 Å². The highest BCUT2D eigenvalue weighted by Gasteiger charge is 2.32. The largest absolute Gasteiger partial charge is 0.457 e. The molecular formula is C35H20N2O3. The summed E-state index contributed by atoms with van der Waals surface area (Å²) in [6.07, 6.45) is 3.39. The van der Waals surface area contributed by atoms with E-state index >= 15 is 0 Å². The van der Waals surface area contributed by atoms with E-state index in [1.165, 1.54) is 0 Å². The van der Waals surface area contributed by atoms with Crippen LogP contribution in [0.3, 0.4) is 0 Å². The standard InChI is InChI=1S/C35H20N2O3/c36-20-39-28-13-15-30-26(19-28)11-17-32-35(30)33(24-8-6-23(7-9-24)22-4-2-1-3-5-22)34-29-14-12-27(37-21-38)18-25(29)10-16-31(34)40-32/h1-19,33H. The van der Waals surface area contributed by atoms with E-state index < -0.39 is 0 Å². The van der Waals surface area contributed by atoms with Gasteiger partial charge in [0.15, 0.2) is 0 Å². The van der Waals surface area contributed by atoms with Crippen molar-refractivity contribution in [2.75, 3.05) is 0 Å². The van der Waals surface area contributed by atoms with Gasteiger partial charge in [0.1, 0.15) is 17.2 Å². The zero-order chi connectivity index (χ0) is 27.1. The minimum atomic E-state index is -0.140. The molecule has 0 fully saturated rings. The SMILES string of the molecule is N#COc1ccc2c3c(ccc2c1)Oc1ccc2cc(N=C=O)ccc2c1C3c1ccc(-c2ccccc2)cc1. The first-order chi connectivity index (χ1) is 19.7. The number of hydrogen-bond acceptors (Lipinski definition) is 5. The Kier molecular flexibility index (Phi) is 5.60. The van der Waals surface area contributed by atoms with E-state index in [1.807, 2.05) is 78.9 Å². The number of fused-ring (bicyclic) bond motifs is 6. The zero-order valence-corrected chi connectivity index (χ0v) is 21.2. The third kappa shape index (κ3) is 3.88. The van der Waals surface area contributed by atoms with Crippen LogP contribution < -0.4 is 9.47 Å². The van der Waals surface area contributed by atoms with Crippen molar-refractivity contribution in [1.29, 1.82) is 5.26 Å². The lowest BCUT2D eigenvalue weighted by atomic mass is 9.78. The van der Waals surface area contributed by atoms with Crippen molar-refractivity contribution in [3.8, 4) is 34.6 Å². The Hall–Kier alpha value is -5.69. The van der Waals surface area contributed by atoms with Gasteiger partial charge in [-0.25, -0.2) is 4.79 Å². The van der Waals surface area contributed by atoms with Crippen LogP contribution in [0.2, 0.25) is 0 Å². The summed E-state index contributed by atoms with van der Waals surface area (Å²) in [5.41, 5.74) is 6.07. The summed E-state index contributed by atoms with van der Waals surface area (Å²) in [6, 6.07) is 38.3. The molecule has 1 unspecified atom stereocenters. The van der Waals surface area contributed by atoms with E-state index in [4.69, 9.17) is 14.7 Å². The van der Waals surface area contributed by atoms with Crippen LogP contribution in [0.1, 0.15) is 22.6 Å². The van der Waals surface area contributed by atoms with Gasteiger partial charge in [0.2, 0.25) is 6.08 Å². The van der Waals surface area contributed by atoms with Crippen molar-refractivity contribution in [2.24, 2.45) is 4.99 Å². The van der Waals surface area contributed by atoms with Crippen LogP contribution in [-0.4, -0.2) is 6.08 Å². The fourth-order valence-electron chi connectivity index (χ4n) is 5.74. The van der Waals surface area contributed by atoms with E-state index in [1.54, 1.807) is 12.3 Å². The van der Waals surface area contributed by atoms with E-state index in [0.717, 1.165) is 60.9 Å². The van der Waals surface area contributed by atoms with Gasteiger partial charge in [0, 0.05) is 17.0 Å². The quantitative estimate of drug-likeness (QED) is 0.133. The highest BCUT2D eigenvalue weighted by molar-refractivity contribution is 5.96. The van der Waals surface area contributed by atoms with Crippen molar-refractivity contribution in [3.05, 3.63) is 132 Å². The number of isocyanates is 1. The lowest BCUT2D eigenvalue weighted by molar-refractivity contribution is 0.456. The number of benzene rings is 6. The van der Waals surface area contributed by atoms with Gasteiger partial charge in [-0.05, 0) is 74.6 Å². The van der Waals surface area contributed by atoms with Crippen molar-refractivity contribution < 1.29 is 14.3 Å². The second-order valence-electron chi connectivity index (χ2n) is 9.66. The van der Waals surface area contributed by atoms with E-state index in [9.17, 15) is 4.79 Å². The molecule has 188 valence electrons. The van der Waals surface area contributed by atoms with Crippen molar-refractivity contribution in [1.82, 2.24) is 0 Å². The van der Waals surface area contributed by atoms with E-state index in [2.05, 4.69) is 41.4 Å². The molecule has 0 radical (unpaired) electrons. The topological polar surface area (TPSA) is 71.7 Å². The second-order valence-corrected chi connectivity index (χ2v) is 9.66. The van der Waals surface area contributed by atoms with Gasteiger partial charge in [-0.2, -0.15) is 4.99 Å². The highest BCUT2D eigenvalue weighted by Crippen LogP contribution is 2.52. The lowest BCUT2D eigenvalue weighted by Gasteiger charge is -2.31. The molecule has 5 heteroatoms. The highest BCUT2D eigenvalue weighted by atomic mass is 16.5. The molecule has 0 amide bonds. The lowest BCUT2D eigenvalue weighted by Crippen LogP contribution is -2.13. The van der Waals surface area contributed by atoms with Gasteiger partial charge in [0.25, 0.3) is 6.26 Å². The maximum atomic E-state index is 10.9. The molecule has 5 nitrogen and oxygen atoms in total. The van der Waals surface area contributed by atoms with Crippen LogP contribution in [0.15, 0.2) is 120 Å². The molecule has 0 aromatic heterocycles. The normalized spacial score (nSPS) is 13.4. The summed E-state index contributed by atoms with van der Waals surface area (Å²) in [5, 5.41) is 13.0. The number of rotatable bonds is 4. The molecule has 1 atom stereocenters. The maximum Gasteiger partial charge on any atom is 0.292 e. The van der Waals surface area contributed by atoms with Crippen molar-refractivity contribution in [3.63, 3.8) is 0 Å². The molecule has 7 rings (SSSR count). The molecule has 0 saturated heterocycles. The average Bonchev–Trinajstić information content (AvgIpc) is 3.00. The minimum absolute atomic E-state index is 0.140. The minimum Gasteiger partial charge on any atom is -0.457 e. The van der Waals surface area contributed by atoms with Gasteiger partial charge in [0.05, 0.1) is 5.69 Å². The Morgan fingerprint density at radius 2 is 1.35 bits per heavy atom. The second kappa shape index (κ2) is 9.56. The smallest absolute Gasteiger partial charge is 0.292 e. The molecule has 1 aliphatic rings. The maximum absolute atomic E-state index is 10.9. The first-order valence-electron chi connectivity index (χ1n) is 12.8. The number of nitrogens with zero attached hydrogens (tertiary/aromatic N) is 2. The fourth-order valence-corrected chi connectivity index (χ4v) is 5.74. The molecular weight excluding hydrogens is 496 g/mol. The Bertz CT molecular complexity index is 2020. The Morgan fingerprint density at radius 1 is 0.700 bits per heavy atom. The first-order valence-corrected chi connectivity index (χ1v) is 12.8. The zero-order valence-electron chi connectivity index (χ0n) is 21.2. The summed E-state index contributed by atoms with van der Waals surface area (Å²) in [6.45, 7) is 0. The molecule has 0 bridgehead atoms. The summed E-state index contributed by atoms with van der Waals surface area (Å²) in [4.78, 5) is 14.7. The Morgan fingerprint density at radius 3 is 2.02 bits per heavy atom. The number of carbonyl (C=O) groups excluding carboxylic acids is 1. The van der Waals surface area contributed by atoms with Crippen LogP contribution in [0.4, 0.5) is 5.69 Å². The van der Waals surface area contributed by atoms with Gasteiger partial charge < -0.3 is 9.47 Å². The predicted molar refractivity (Wildman–Crippen MR) is 155 cm³/mol. The third-order valence-corrected chi connectivity index (χ3v) is 7.48. The number of aliphatic imine (C=N–C) groups is 1. The molecule has 1 heterocycles. The number of ether oxygens (including phenoxy) is 2. The summed E-state index contributed by atoms with van der Waals surface area (Å²) in [5.74, 6) is 1.92. The Labute approximate surface area is 230 Å². The Balaban J connectivity index is 1.48. The summed E-state index contributed by atoms with van der Waals surface area (Å²) >= 11 is 0. The molecule has 6 aromatic rings. The van der Waals surface area contributed by atoms with Crippen LogP contribution in [0.25, 0.3) is 32.7 Å². The predicted octanol–water partition coefficient (Wildman–Crippen LogP) is 8.77. The monoisotopic (exact) mass is 516 g/mol. The van der Waals surface area contributed by atoms with Crippen molar-refractivity contribution >= 4 is 33.3 Å². The first kappa shape index (κ1) is 23.4. The number of nitriles is 1. The summed E-state index contributed by atoms with van der Waals surface area (Å²) < 4.78 is 11.6. The van der Waals surface area contributed by atoms with Crippen LogP contribution in [0.5, 0.6) is 17.2 Å².